The van der Waals surface area contributed by atoms with Crippen LogP contribution < -0.4 is 4.74 Å². The summed E-state index contributed by atoms with van der Waals surface area (Å²) in [6.07, 6.45) is 3.25. The molecule has 2 aromatic carbocycles. The van der Waals surface area contributed by atoms with Crippen LogP contribution in [0.1, 0.15) is 21.6 Å². The molecule has 0 bridgehead atoms. The van der Waals surface area contributed by atoms with Crippen LogP contribution in [0.4, 0.5) is 0 Å². The highest BCUT2D eigenvalue weighted by molar-refractivity contribution is 7.90. The van der Waals surface area contributed by atoms with Crippen molar-refractivity contribution in [1.29, 1.82) is 0 Å². The third kappa shape index (κ3) is 5.24. The Kier molecular flexibility index (Phi) is 6.05. The minimum atomic E-state index is -3.68. The van der Waals surface area contributed by atoms with E-state index in [9.17, 15) is 13.2 Å². The summed E-state index contributed by atoms with van der Waals surface area (Å²) in [5, 5.41) is 9.09. The molecule has 0 aliphatic carbocycles. The fraction of sp³-hybridized carbons (Fsp3) is 0.0952. The molecule has 0 unspecified atom stereocenters. The fourth-order valence-corrected chi connectivity index (χ4v) is 3.72. The van der Waals surface area contributed by atoms with Gasteiger partial charge in [0.15, 0.2) is 9.84 Å². The number of thiocarbonyl (C=S) groups is 1. The third-order valence-corrected chi connectivity index (χ3v) is 5.56. The Morgan fingerprint density at radius 2 is 1.76 bits per heavy atom. The highest BCUT2D eigenvalue weighted by Crippen LogP contribution is 2.30. The number of carboxylic acid groups (broad SMARTS) is 1. The van der Waals surface area contributed by atoms with Crippen LogP contribution in [0.5, 0.6) is 11.5 Å². The van der Waals surface area contributed by atoms with Crippen molar-refractivity contribution in [3.63, 3.8) is 0 Å². The topological polar surface area (TPSA) is 93.6 Å². The first-order valence-corrected chi connectivity index (χ1v) is 10.8. The average Bonchev–Trinajstić information content (AvgIpc) is 2.68. The number of nitrogens with zero attached hydrogens (tertiary/aromatic N) is 1. The lowest BCUT2D eigenvalue weighted by molar-refractivity contribution is 0.0696. The lowest BCUT2D eigenvalue weighted by atomic mass is 10.1. The number of pyridine rings is 1. The van der Waals surface area contributed by atoms with Gasteiger partial charge in [0.25, 0.3) is 0 Å². The van der Waals surface area contributed by atoms with Gasteiger partial charge in [-0.05, 0) is 48.0 Å². The summed E-state index contributed by atoms with van der Waals surface area (Å²) >= 11 is 5.47. The van der Waals surface area contributed by atoms with Gasteiger partial charge in [-0.15, -0.1) is 0 Å². The maximum atomic E-state index is 12.0. The molecule has 1 heterocycles. The number of aromatic carboxylic acids is 1. The Morgan fingerprint density at radius 1 is 1.07 bits per heavy atom. The second-order valence-corrected chi connectivity index (χ2v) is 8.76. The molecule has 0 fully saturated rings. The van der Waals surface area contributed by atoms with Crippen molar-refractivity contribution in [2.24, 2.45) is 0 Å². The zero-order chi connectivity index (χ0) is 21.0. The van der Waals surface area contributed by atoms with E-state index in [0.717, 1.165) is 28.4 Å². The molecule has 0 aliphatic heterocycles. The molecule has 148 valence electrons. The van der Waals surface area contributed by atoms with Gasteiger partial charge in [0, 0.05) is 29.4 Å². The van der Waals surface area contributed by atoms with Crippen LogP contribution in [0.15, 0.2) is 71.8 Å². The van der Waals surface area contributed by atoms with Crippen LogP contribution in [0.2, 0.25) is 0 Å². The number of rotatable bonds is 7. The van der Waals surface area contributed by atoms with E-state index in [1.54, 1.807) is 30.5 Å². The molecule has 6 nitrogen and oxygen atoms in total. The number of carbonyl (C=O) groups is 1. The fourth-order valence-electron chi connectivity index (χ4n) is 2.62. The van der Waals surface area contributed by atoms with E-state index in [1.807, 2.05) is 18.2 Å². The van der Waals surface area contributed by atoms with E-state index in [0.29, 0.717) is 12.2 Å². The molecule has 0 amide bonds. The van der Waals surface area contributed by atoms with E-state index < -0.39 is 15.8 Å². The number of carboxylic acids is 1. The summed E-state index contributed by atoms with van der Waals surface area (Å²) in [5.74, 6) is -0.754. The summed E-state index contributed by atoms with van der Waals surface area (Å²) in [4.78, 5) is 15.9. The second-order valence-electron chi connectivity index (χ2n) is 6.29. The number of hydrogen-bond donors (Lipinski definition) is 1. The monoisotopic (exact) mass is 427 g/mol. The van der Waals surface area contributed by atoms with Gasteiger partial charge in [-0.25, -0.2) is 13.2 Å². The van der Waals surface area contributed by atoms with Gasteiger partial charge in [-0.3, -0.25) is 4.98 Å². The number of ether oxygens (including phenoxy) is 1. The van der Waals surface area contributed by atoms with Crippen molar-refractivity contribution in [3.05, 3.63) is 83.7 Å². The predicted molar refractivity (Wildman–Crippen MR) is 113 cm³/mol. The lowest BCUT2D eigenvalue weighted by Crippen LogP contribution is -2.05. The first-order chi connectivity index (χ1) is 13.7. The van der Waals surface area contributed by atoms with Gasteiger partial charge in [0.1, 0.15) is 16.4 Å². The van der Waals surface area contributed by atoms with Crippen molar-refractivity contribution in [2.45, 2.75) is 11.3 Å². The number of aromatic nitrogens is 1. The van der Waals surface area contributed by atoms with Gasteiger partial charge in [0.2, 0.25) is 0 Å². The van der Waals surface area contributed by atoms with Crippen LogP contribution in [0, 0.1) is 0 Å². The van der Waals surface area contributed by atoms with E-state index in [2.05, 4.69) is 4.98 Å². The standard InChI is InChI=1S/C21H17NO5S2/c1-29(25,26)20-12-15(21(23)24)7-10-18(20)27-17-8-5-14(6-9-17)19(28)13-16-4-2-3-11-22-16/h2-12H,13H2,1H3,(H,23,24). The van der Waals surface area contributed by atoms with Gasteiger partial charge in [0.05, 0.1) is 5.56 Å². The summed E-state index contributed by atoms with van der Waals surface area (Å²) in [7, 11) is -3.68. The van der Waals surface area contributed by atoms with Crippen molar-refractivity contribution >= 4 is 32.9 Å². The number of sulfone groups is 1. The molecule has 3 aromatic rings. The molecule has 0 radical (unpaired) electrons. The minimum absolute atomic E-state index is 0.0568. The van der Waals surface area contributed by atoms with Crippen molar-refractivity contribution in [1.82, 2.24) is 4.98 Å². The first kappa shape index (κ1) is 20.6. The number of benzene rings is 2. The second kappa shape index (κ2) is 8.50. The maximum absolute atomic E-state index is 12.0. The van der Waals surface area contributed by atoms with E-state index in [-0.39, 0.29) is 16.2 Å². The molecule has 3 rings (SSSR count). The highest BCUT2D eigenvalue weighted by atomic mass is 32.2. The van der Waals surface area contributed by atoms with Gasteiger partial charge >= 0.3 is 5.97 Å². The summed E-state index contributed by atoms with van der Waals surface area (Å²) in [6, 6.07) is 16.3. The van der Waals surface area contributed by atoms with Crippen LogP contribution in [-0.2, 0) is 16.3 Å². The maximum Gasteiger partial charge on any atom is 0.335 e. The summed E-state index contributed by atoms with van der Waals surface area (Å²) in [5.41, 5.74) is 1.57. The van der Waals surface area contributed by atoms with E-state index in [4.69, 9.17) is 22.1 Å². The van der Waals surface area contributed by atoms with Gasteiger partial charge < -0.3 is 9.84 Å². The van der Waals surface area contributed by atoms with E-state index >= 15 is 0 Å². The molecule has 29 heavy (non-hydrogen) atoms. The smallest absolute Gasteiger partial charge is 0.335 e. The minimum Gasteiger partial charge on any atom is -0.478 e. The molecule has 8 heteroatoms. The zero-order valence-electron chi connectivity index (χ0n) is 15.4. The third-order valence-electron chi connectivity index (χ3n) is 4.06. The van der Waals surface area contributed by atoms with Gasteiger partial charge in [-0.2, -0.15) is 0 Å². The normalized spacial score (nSPS) is 11.1. The quantitative estimate of drug-likeness (QED) is 0.451. The van der Waals surface area contributed by atoms with Crippen LogP contribution in [0.25, 0.3) is 0 Å². The lowest BCUT2D eigenvalue weighted by Gasteiger charge is -2.11. The zero-order valence-corrected chi connectivity index (χ0v) is 17.0. The predicted octanol–water partition coefficient (Wildman–Crippen LogP) is 3.94. The molecule has 1 aromatic heterocycles. The molecule has 0 atom stereocenters. The van der Waals surface area contributed by atoms with E-state index in [1.165, 1.54) is 12.1 Å². The van der Waals surface area contributed by atoms with Crippen LogP contribution >= 0.6 is 12.2 Å². The Bertz CT molecular complexity index is 1160. The molecule has 0 spiro atoms. The van der Waals surface area contributed by atoms with Crippen LogP contribution in [-0.4, -0.2) is 35.6 Å². The first-order valence-electron chi connectivity index (χ1n) is 8.52. The molecule has 0 aliphatic rings. The Labute approximate surface area is 173 Å². The SMILES string of the molecule is CS(=O)(=O)c1cc(C(=O)O)ccc1Oc1ccc(C(=S)Cc2ccccn2)cc1. The molecular formula is C21H17NO5S2. The van der Waals surface area contributed by atoms with Crippen LogP contribution in [0.3, 0.4) is 0 Å². The average molecular weight is 428 g/mol. The highest BCUT2D eigenvalue weighted by Gasteiger charge is 2.18. The largest absolute Gasteiger partial charge is 0.478 e. The van der Waals surface area contributed by atoms with Crippen molar-refractivity contribution < 1.29 is 23.1 Å². The molecule has 0 saturated carbocycles. The van der Waals surface area contributed by atoms with Crippen molar-refractivity contribution in [3.8, 4) is 11.5 Å². The molecule has 1 N–H and O–H groups in total. The Balaban J connectivity index is 1.81. The van der Waals surface area contributed by atoms with Crippen molar-refractivity contribution in [2.75, 3.05) is 6.26 Å². The number of hydrogen-bond acceptors (Lipinski definition) is 6. The Hall–Kier alpha value is -3.10. The summed E-state index contributed by atoms with van der Waals surface area (Å²) < 4.78 is 29.8. The molecular weight excluding hydrogens is 410 g/mol. The van der Waals surface area contributed by atoms with Gasteiger partial charge in [-0.1, -0.05) is 30.4 Å². The Morgan fingerprint density at radius 3 is 2.34 bits per heavy atom. The molecule has 0 saturated heterocycles. The summed E-state index contributed by atoms with van der Waals surface area (Å²) in [6.45, 7) is 0.